The van der Waals surface area contributed by atoms with E-state index in [1.807, 2.05) is 21.1 Å². The SMILES string of the molecule is CCCCCCCCCCCCCCCCCCCCCCCCCCCC(O)C(COP(=O)(O)OCC[N+](C)(C)C)NC(=O)CCCCC. The number of nitrogens with one attached hydrogen (secondary N) is 1. The molecule has 0 aromatic rings. The van der Waals surface area contributed by atoms with E-state index in [0.717, 1.165) is 38.5 Å². The van der Waals surface area contributed by atoms with Crippen LogP contribution in [0.5, 0.6) is 0 Å². The monoisotopic (exact) mass is 734 g/mol. The third-order valence-corrected chi connectivity index (χ3v) is 10.8. The lowest BCUT2D eigenvalue weighted by Crippen LogP contribution is -2.46. The number of quaternary nitrogens is 1. The Bertz CT molecular complexity index is 794. The maximum atomic E-state index is 12.5. The number of hydrogen-bond donors (Lipinski definition) is 3. The Labute approximate surface area is 310 Å². The number of phosphoric ester groups is 1. The molecule has 0 fully saturated rings. The number of rotatable bonds is 39. The molecule has 0 bridgehead atoms. The van der Waals surface area contributed by atoms with Crippen molar-refractivity contribution in [2.75, 3.05) is 40.9 Å². The van der Waals surface area contributed by atoms with Gasteiger partial charge < -0.3 is 19.8 Å². The van der Waals surface area contributed by atoms with Gasteiger partial charge >= 0.3 is 7.82 Å². The molecule has 0 aliphatic carbocycles. The summed E-state index contributed by atoms with van der Waals surface area (Å²) in [5, 5.41) is 13.7. The predicted molar refractivity (Wildman–Crippen MR) is 212 cm³/mol. The number of carbonyl (C=O) groups excluding carboxylic acids is 1. The molecule has 0 rings (SSSR count). The van der Waals surface area contributed by atoms with E-state index in [0.29, 0.717) is 23.9 Å². The molecule has 0 aliphatic rings. The number of unbranched alkanes of at least 4 members (excludes halogenated alkanes) is 26. The highest BCUT2D eigenvalue weighted by molar-refractivity contribution is 7.47. The minimum Gasteiger partial charge on any atom is -0.391 e. The second-order valence-corrected chi connectivity index (χ2v) is 17.5. The van der Waals surface area contributed by atoms with Crippen LogP contribution in [-0.4, -0.2) is 73.4 Å². The lowest BCUT2D eigenvalue weighted by molar-refractivity contribution is -0.870. The zero-order chi connectivity index (χ0) is 37.2. The minimum atomic E-state index is -4.29. The summed E-state index contributed by atoms with van der Waals surface area (Å²) in [4.78, 5) is 22.6. The van der Waals surface area contributed by atoms with Crippen molar-refractivity contribution < 1.29 is 32.9 Å². The van der Waals surface area contributed by atoms with E-state index in [9.17, 15) is 19.4 Å². The van der Waals surface area contributed by atoms with Crippen LogP contribution in [0.4, 0.5) is 0 Å². The lowest BCUT2D eigenvalue weighted by atomic mass is 10.0. The molecular weight excluding hydrogens is 647 g/mol. The van der Waals surface area contributed by atoms with E-state index in [1.165, 1.54) is 141 Å². The van der Waals surface area contributed by atoms with E-state index in [4.69, 9.17) is 9.05 Å². The summed E-state index contributed by atoms with van der Waals surface area (Å²) < 4.78 is 23.3. The molecule has 0 radical (unpaired) electrons. The molecule has 3 atom stereocenters. The summed E-state index contributed by atoms with van der Waals surface area (Å²) in [6.45, 7) is 4.73. The Morgan fingerprint density at radius 1 is 0.600 bits per heavy atom. The molecule has 300 valence electrons. The van der Waals surface area contributed by atoms with Gasteiger partial charge in [-0.15, -0.1) is 0 Å². The third kappa shape index (κ3) is 35.9. The summed E-state index contributed by atoms with van der Waals surface area (Å²) >= 11 is 0. The molecule has 0 aromatic carbocycles. The van der Waals surface area contributed by atoms with Gasteiger partial charge in [0.25, 0.3) is 0 Å². The van der Waals surface area contributed by atoms with Crippen LogP contribution in [0.1, 0.15) is 206 Å². The number of aliphatic hydroxyl groups is 1. The summed E-state index contributed by atoms with van der Waals surface area (Å²) in [5.41, 5.74) is 0. The summed E-state index contributed by atoms with van der Waals surface area (Å²) in [6, 6.07) is -0.749. The average molecular weight is 734 g/mol. The van der Waals surface area contributed by atoms with Gasteiger partial charge in [-0.05, 0) is 12.8 Å². The number of nitrogens with zero attached hydrogens (tertiary/aromatic N) is 1. The highest BCUT2D eigenvalue weighted by Crippen LogP contribution is 2.43. The van der Waals surface area contributed by atoms with E-state index < -0.39 is 20.0 Å². The van der Waals surface area contributed by atoms with Crippen LogP contribution < -0.4 is 5.32 Å². The number of aliphatic hydroxyl groups excluding tert-OH is 1. The Balaban J connectivity index is 3.88. The van der Waals surface area contributed by atoms with Gasteiger partial charge in [-0.1, -0.05) is 187 Å². The van der Waals surface area contributed by atoms with Crippen molar-refractivity contribution in [2.24, 2.45) is 0 Å². The second kappa shape index (κ2) is 34.3. The fourth-order valence-electron chi connectivity index (χ4n) is 6.40. The molecule has 0 saturated carbocycles. The normalized spacial score (nSPS) is 14.5. The van der Waals surface area contributed by atoms with Crippen LogP contribution in [0.3, 0.4) is 0 Å². The van der Waals surface area contributed by atoms with Gasteiger partial charge in [0.15, 0.2) is 0 Å². The number of likely N-dealkylation sites (N-methyl/N-ethyl adjacent to an activating group) is 1. The van der Waals surface area contributed by atoms with Gasteiger partial charge in [-0.2, -0.15) is 0 Å². The molecular formula is C41H86N2O6P+. The zero-order valence-electron chi connectivity index (χ0n) is 33.9. The molecule has 0 spiro atoms. The molecule has 0 saturated heterocycles. The van der Waals surface area contributed by atoms with Crippen molar-refractivity contribution in [1.82, 2.24) is 5.32 Å². The van der Waals surface area contributed by atoms with E-state index in [-0.39, 0.29) is 19.1 Å². The van der Waals surface area contributed by atoms with Gasteiger partial charge in [0.05, 0.1) is 39.9 Å². The van der Waals surface area contributed by atoms with E-state index in [2.05, 4.69) is 19.2 Å². The van der Waals surface area contributed by atoms with Crippen LogP contribution in [-0.2, 0) is 18.4 Å². The maximum Gasteiger partial charge on any atom is 0.472 e. The highest BCUT2D eigenvalue weighted by atomic mass is 31.2. The van der Waals surface area contributed by atoms with E-state index in [1.54, 1.807) is 0 Å². The number of hydrogen-bond acceptors (Lipinski definition) is 5. The van der Waals surface area contributed by atoms with Crippen LogP contribution in [0.15, 0.2) is 0 Å². The molecule has 50 heavy (non-hydrogen) atoms. The summed E-state index contributed by atoms with van der Waals surface area (Å²) in [6.07, 6.45) is 36.5. The fourth-order valence-corrected chi connectivity index (χ4v) is 7.13. The van der Waals surface area contributed by atoms with Gasteiger partial charge in [-0.3, -0.25) is 13.8 Å². The number of carbonyl (C=O) groups is 1. The molecule has 3 unspecified atom stereocenters. The van der Waals surface area contributed by atoms with Gasteiger partial charge in [0, 0.05) is 6.42 Å². The number of amides is 1. The predicted octanol–water partition coefficient (Wildman–Crippen LogP) is 11.4. The first-order valence-corrected chi connectivity index (χ1v) is 22.9. The molecule has 1 amide bonds. The number of phosphoric acid groups is 1. The molecule has 9 heteroatoms. The first-order valence-electron chi connectivity index (χ1n) is 21.4. The highest BCUT2D eigenvalue weighted by Gasteiger charge is 2.28. The van der Waals surface area contributed by atoms with Crippen molar-refractivity contribution in [3.63, 3.8) is 0 Å². The Morgan fingerprint density at radius 3 is 1.34 bits per heavy atom. The van der Waals surface area contributed by atoms with Gasteiger partial charge in [-0.25, -0.2) is 4.57 Å². The molecule has 0 aromatic heterocycles. The lowest BCUT2D eigenvalue weighted by Gasteiger charge is -2.26. The smallest absolute Gasteiger partial charge is 0.391 e. The van der Waals surface area contributed by atoms with Crippen molar-refractivity contribution in [3.8, 4) is 0 Å². The Hall–Kier alpha value is -0.500. The van der Waals surface area contributed by atoms with Crippen LogP contribution in [0, 0.1) is 0 Å². The first-order chi connectivity index (χ1) is 24.0. The van der Waals surface area contributed by atoms with Crippen molar-refractivity contribution in [3.05, 3.63) is 0 Å². The average Bonchev–Trinajstić information content (AvgIpc) is 3.06. The Morgan fingerprint density at radius 2 is 0.960 bits per heavy atom. The maximum absolute atomic E-state index is 12.5. The van der Waals surface area contributed by atoms with Crippen LogP contribution >= 0.6 is 7.82 Å². The molecule has 8 nitrogen and oxygen atoms in total. The molecule has 0 heterocycles. The van der Waals surface area contributed by atoms with Gasteiger partial charge in [0.1, 0.15) is 13.2 Å². The minimum absolute atomic E-state index is 0.0768. The molecule has 3 N–H and O–H groups in total. The standard InChI is InChI=1S/C41H85N2O6P/c1-6-8-10-11-12-13-14-15-16-17-18-19-20-21-22-23-24-25-26-27-28-29-30-31-33-34-40(44)39(42-41(45)35-32-9-7-2)38-49-50(46,47)48-37-36-43(3,4)5/h39-40,44H,6-38H2,1-5H3,(H-,42,45,46,47)/p+1. The van der Waals surface area contributed by atoms with Crippen LogP contribution in [0.25, 0.3) is 0 Å². The third-order valence-electron chi connectivity index (χ3n) is 9.86. The summed E-state index contributed by atoms with van der Waals surface area (Å²) in [5.74, 6) is -0.167. The largest absolute Gasteiger partial charge is 0.472 e. The second-order valence-electron chi connectivity index (χ2n) is 16.1. The quantitative estimate of drug-likeness (QED) is 0.0330. The topological polar surface area (TPSA) is 105 Å². The fraction of sp³-hybridized carbons (Fsp3) is 0.976. The first kappa shape index (κ1) is 49.5. The van der Waals surface area contributed by atoms with E-state index >= 15 is 0 Å². The van der Waals surface area contributed by atoms with Crippen molar-refractivity contribution in [2.45, 2.75) is 219 Å². The molecule has 0 aliphatic heterocycles. The van der Waals surface area contributed by atoms with Crippen molar-refractivity contribution >= 4 is 13.7 Å². The Kier molecular flexibility index (Phi) is 33.9. The van der Waals surface area contributed by atoms with Crippen molar-refractivity contribution in [1.29, 1.82) is 0 Å². The zero-order valence-corrected chi connectivity index (χ0v) is 34.8. The van der Waals surface area contributed by atoms with Gasteiger partial charge in [0.2, 0.25) is 5.91 Å². The summed E-state index contributed by atoms with van der Waals surface area (Å²) in [7, 11) is 1.62. The van der Waals surface area contributed by atoms with Crippen LogP contribution in [0.2, 0.25) is 0 Å².